The molecule has 0 spiro atoms. The van der Waals surface area contributed by atoms with Gasteiger partial charge in [-0.3, -0.25) is 0 Å². The Morgan fingerprint density at radius 1 is 1.29 bits per heavy atom. The first-order valence-electron chi connectivity index (χ1n) is 5.95. The summed E-state index contributed by atoms with van der Waals surface area (Å²) < 4.78 is 5.39. The van der Waals surface area contributed by atoms with E-state index >= 15 is 0 Å². The van der Waals surface area contributed by atoms with Crippen molar-refractivity contribution in [2.45, 2.75) is 26.3 Å². The van der Waals surface area contributed by atoms with Gasteiger partial charge in [0, 0.05) is 19.3 Å². The maximum Gasteiger partial charge on any atom is 0.0640 e. The largest absolute Gasteiger partial charge is 0.382 e. The molecule has 17 heavy (non-hydrogen) atoms. The third-order valence-electron chi connectivity index (χ3n) is 2.56. The molecule has 0 saturated heterocycles. The second kappa shape index (κ2) is 7.93. The van der Waals surface area contributed by atoms with Gasteiger partial charge in [-0.15, -0.1) is 0 Å². The first-order chi connectivity index (χ1) is 8.20. The highest BCUT2D eigenvalue weighted by Crippen LogP contribution is 2.31. The van der Waals surface area contributed by atoms with Crippen molar-refractivity contribution in [3.63, 3.8) is 0 Å². The Morgan fingerprint density at radius 2 is 2.06 bits per heavy atom. The predicted octanol–water partition coefficient (Wildman–Crippen LogP) is 4.07. The molecule has 1 rings (SSSR count). The zero-order valence-electron chi connectivity index (χ0n) is 10.3. The van der Waals surface area contributed by atoms with E-state index in [1.807, 2.05) is 19.1 Å². The molecule has 0 saturated carbocycles. The van der Waals surface area contributed by atoms with E-state index in [-0.39, 0.29) is 6.04 Å². The van der Waals surface area contributed by atoms with E-state index in [1.54, 1.807) is 6.07 Å². The van der Waals surface area contributed by atoms with Crippen LogP contribution in [-0.4, -0.2) is 19.8 Å². The Kier molecular flexibility index (Phi) is 6.90. The van der Waals surface area contributed by atoms with Crippen LogP contribution in [0, 0.1) is 0 Å². The molecule has 4 heteroatoms. The van der Waals surface area contributed by atoms with Gasteiger partial charge in [-0.2, -0.15) is 0 Å². The Labute approximate surface area is 113 Å². The van der Waals surface area contributed by atoms with Crippen LogP contribution < -0.4 is 5.32 Å². The summed E-state index contributed by atoms with van der Waals surface area (Å²) in [5.74, 6) is 0. The third-order valence-corrected chi connectivity index (χ3v) is 3.40. The maximum absolute atomic E-state index is 6.22. The summed E-state index contributed by atoms with van der Waals surface area (Å²) in [6, 6.07) is 5.93. The van der Waals surface area contributed by atoms with Crippen LogP contribution in [0.15, 0.2) is 18.2 Å². The van der Waals surface area contributed by atoms with Gasteiger partial charge in [0.2, 0.25) is 0 Å². The quantitative estimate of drug-likeness (QED) is 0.758. The Morgan fingerprint density at radius 3 is 2.71 bits per heavy atom. The van der Waals surface area contributed by atoms with Crippen LogP contribution in [-0.2, 0) is 4.74 Å². The molecule has 0 fully saturated rings. The lowest BCUT2D eigenvalue weighted by molar-refractivity contribution is 0.136. The highest BCUT2D eigenvalue weighted by atomic mass is 35.5. The summed E-state index contributed by atoms with van der Waals surface area (Å²) in [5, 5.41) is 4.64. The Bertz CT molecular complexity index is 344. The molecule has 96 valence electrons. The van der Waals surface area contributed by atoms with Gasteiger partial charge in [-0.25, -0.2) is 0 Å². The van der Waals surface area contributed by atoms with Crippen LogP contribution in [0.1, 0.15) is 31.9 Å². The molecule has 0 amide bonds. The summed E-state index contributed by atoms with van der Waals surface area (Å²) in [7, 11) is 0. The summed E-state index contributed by atoms with van der Waals surface area (Å²) in [5.41, 5.74) is 1.04. The molecule has 1 unspecified atom stereocenters. The topological polar surface area (TPSA) is 21.3 Å². The van der Waals surface area contributed by atoms with Crippen molar-refractivity contribution in [2.75, 3.05) is 19.8 Å². The highest BCUT2D eigenvalue weighted by molar-refractivity contribution is 6.42. The molecule has 1 aromatic rings. The van der Waals surface area contributed by atoms with E-state index < -0.39 is 0 Å². The number of halogens is 2. The van der Waals surface area contributed by atoms with Crippen molar-refractivity contribution in [2.24, 2.45) is 0 Å². The molecule has 0 aliphatic carbocycles. The van der Waals surface area contributed by atoms with Crippen LogP contribution in [0.4, 0.5) is 0 Å². The predicted molar refractivity (Wildman–Crippen MR) is 74.0 cm³/mol. The second-order valence-corrected chi connectivity index (χ2v) is 4.52. The minimum Gasteiger partial charge on any atom is -0.382 e. The monoisotopic (exact) mass is 275 g/mol. The summed E-state index contributed by atoms with van der Waals surface area (Å²) >= 11 is 12.3. The van der Waals surface area contributed by atoms with Gasteiger partial charge in [-0.1, -0.05) is 42.3 Å². The normalized spacial score (nSPS) is 12.7. The zero-order valence-corrected chi connectivity index (χ0v) is 11.8. The number of nitrogens with one attached hydrogen (secondary N) is 1. The van der Waals surface area contributed by atoms with E-state index in [9.17, 15) is 0 Å². The first-order valence-corrected chi connectivity index (χ1v) is 6.71. The second-order valence-electron chi connectivity index (χ2n) is 3.74. The van der Waals surface area contributed by atoms with Gasteiger partial charge in [0.05, 0.1) is 10.0 Å². The molecule has 1 N–H and O–H groups in total. The standard InChI is InChI=1S/C13H19Cl2NO/c1-3-16-12(8-9-17-4-2)10-6-5-7-11(14)13(10)15/h5-7,12,16H,3-4,8-9H2,1-2H3. The van der Waals surface area contributed by atoms with Crippen molar-refractivity contribution in [3.05, 3.63) is 33.8 Å². The van der Waals surface area contributed by atoms with Crippen LogP contribution in [0.2, 0.25) is 10.0 Å². The van der Waals surface area contributed by atoms with Gasteiger partial charge >= 0.3 is 0 Å². The molecule has 0 heterocycles. The van der Waals surface area contributed by atoms with Gasteiger partial charge in [0.25, 0.3) is 0 Å². The SMILES string of the molecule is CCNC(CCOCC)c1cccc(Cl)c1Cl. The van der Waals surface area contributed by atoms with E-state index in [1.165, 1.54) is 0 Å². The van der Waals surface area contributed by atoms with E-state index in [0.29, 0.717) is 10.0 Å². The summed E-state index contributed by atoms with van der Waals surface area (Å²) in [6.45, 7) is 6.42. The fourth-order valence-electron chi connectivity index (χ4n) is 1.75. The number of hydrogen-bond acceptors (Lipinski definition) is 2. The van der Waals surface area contributed by atoms with E-state index in [4.69, 9.17) is 27.9 Å². The fourth-order valence-corrected chi connectivity index (χ4v) is 2.19. The van der Waals surface area contributed by atoms with Gasteiger partial charge < -0.3 is 10.1 Å². The third kappa shape index (κ3) is 4.47. The first kappa shape index (κ1) is 14.8. The molecule has 1 atom stereocenters. The van der Waals surface area contributed by atoms with Crippen LogP contribution in [0.25, 0.3) is 0 Å². The van der Waals surface area contributed by atoms with Crippen molar-refractivity contribution in [1.29, 1.82) is 0 Å². The zero-order chi connectivity index (χ0) is 12.7. The molecule has 0 bridgehead atoms. The Balaban J connectivity index is 2.77. The number of benzene rings is 1. The molecule has 0 aliphatic heterocycles. The van der Waals surface area contributed by atoms with E-state index in [2.05, 4.69) is 12.2 Å². The van der Waals surface area contributed by atoms with Crippen LogP contribution in [0.3, 0.4) is 0 Å². The summed E-state index contributed by atoms with van der Waals surface area (Å²) in [4.78, 5) is 0. The average molecular weight is 276 g/mol. The number of hydrogen-bond donors (Lipinski definition) is 1. The average Bonchev–Trinajstić information content (AvgIpc) is 2.32. The van der Waals surface area contributed by atoms with Crippen LogP contribution >= 0.6 is 23.2 Å². The molecular formula is C13H19Cl2NO. The van der Waals surface area contributed by atoms with Gasteiger partial charge in [-0.05, 0) is 31.5 Å². The van der Waals surface area contributed by atoms with Crippen molar-refractivity contribution >= 4 is 23.2 Å². The lowest BCUT2D eigenvalue weighted by atomic mass is 10.0. The number of rotatable bonds is 7. The van der Waals surface area contributed by atoms with Gasteiger partial charge in [0.15, 0.2) is 0 Å². The molecule has 1 aromatic carbocycles. The van der Waals surface area contributed by atoms with Crippen molar-refractivity contribution in [1.82, 2.24) is 5.32 Å². The molecule has 0 radical (unpaired) electrons. The van der Waals surface area contributed by atoms with E-state index in [0.717, 1.165) is 31.7 Å². The minimum atomic E-state index is 0.192. The lowest BCUT2D eigenvalue weighted by Crippen LogP contribution is -2.22. The van der Waals surface area contributed by atoms with Crippen molar-refractivity contribution in [3.8, 4) is 0 Å². The fraction of sp³-hybridized carbons (Fsp3) is 0.538. The lowest BCUT2D eigenvalue weighted by Gasteiger charge is -2.20. The van der Waals surface area contributed by atoms with Crippen molar-refractivity contribution < 1.29 is 4.74 Å². The smallest absolute Gasteiger partial charge is 0.0640 e. The molecule has 0 aromatic heterocycles. The van der Waals surface area contributed by atoms with Crippen LogP contribution in [0.5, 0.6) is 0 Å². The highest BCUT2D eigenvalue weighted by Gasteiger charge is 2.15. The maximum atomic E-state index is 6.22. The molecule has 2 nitrogen and oxygen atoms in total. The summed E-state index contributed by atoms with van der Waals surface area (Å²) in [6.07, 6.45) is 0.891. The molecule has 0 aliphatic rings. The van der Waals surface area contributed by atoms with Gasteiger partial charge in [0.1, 0.15) is 0 Å². The number of ether oxygens (including phenoxy) is 1. The Hall–Kier alpha value is -0.280. The molecular weight excluding hydrogens is 257 g/mol. The minimum absolute atomic E-state index is 0.192.